The van der Waals surface area contributed by atoms with Crippen LogP contribution in [-0.4, -0.2) is 55.6 Å². The van der Waals surface area contributed by atoms with Gasteiger partial charge in [0, 0.05) is 42.6 Å². The first kappa shape index (κ1) is 21.8. The zero-order valence-corrected chi connectivity index (χ0v) is 19.1. The smallest absolute Gasteiger partial charge is 0.407 e. The molecule has 12 heteroatoms. The monoisotopic (exact) mass is 480 g/mol. The molecule has 4 saturated carbocycles. The number of hydrogen-bond donors (Lipinski definition) is 3. The average Bonchev–Trinajstić information content (AvgIpc) is 3.49. The third-order valence-electron chi connectivity index (χ3n) is 7.31. The van der Waals surface area contributed by atoms with E-state index in [9.17, 15) is 10.1 Å². The highest BCUT2D eigenvalue weighted by Gasteiger charge is 2.58. The topological polar surface area (TPSA) is 142 Å². The molecule has 3 heterocycles. The number of nitrogens with zero attached hydrogens (tertiary/aromatic N) is 5. The number of carbonyl (C=O) groups excluding carboxylic acids is 1. The Hall–Kier alpha value is -3.72. The number of hydrogen-bond acceptors (Lipinski definition) is 8. The number of rotatable bonds is 7. The second kappa shape index (κ2) is 8.20. The molecule has 3 aromatic heterocycles. The quantitative estimate of drug-likeness (QED) is 0.468. The SMILES string of the molecule is COCc1cn2c(Nc3cc([C@@H]4CC[C@H](OC(=O)NC56CC(C5)C6)[C@@H]4F)[nH]n3)nc(C#N)cc2n1. The number of halogens is 1. The summed E-state index contributed by atoms with van der Waals surface area (Å²) in [6.45, 7) is 0.317. The first-order chi connectivity index (χ1) is 16.9. The van der Waals surface area contributed by atoms with Gasteiger partial charge in [-0.25, -0.2) is 19.2 Å². The summed E-state index contributed by atoms with van der Waals surface area (Å²) in [5, 5.41) is 22.5. The minimum atomic E-state index is -1.33. The van der Waals surface area contributed by atoms with Crippen LogP contribution in [0.5, 0.6) is 0 Å². The maximum atomic E-state index is 15.2. The van der Waals surface area contributed by atoms with E-state index >= 15 is 4.39 Å². The number of amides is 1. The van der Waals surface area contributed by atoms with E-state index in [4.69, 9.17) is 9.47 Å². The summed E-state index contributed by atoms with van der Waals surface area (Å²) < 4.78 is 27.5. The van der Waals surface area contributed by atoms with Crippen molar-refractivity contribution < 1.29 is 18.7 Å². The van der Waals surface area contributed by atoms with Gasteiger partial charge in [0.15, 0.2) is 5.82 Å². The van der Waals surface area contributed by atoms with E-state index in [1.54, 1.807) is 29.8 Å². The van der Waals surface area contributed by atoms with Crippen LogP contribution < -0.4 is 10.6 Å². The Morgan fingerprint density at radius 1 is 1.34 bits per heavy atom. The highest BCUT2D eigenvalue weighted by molar-refractivity contribution is 5.69. The van der Waals surface area contributed by atoms with Crippen LogP contribution in [0.25, 0.3) is 5.65 Å². The third kappa shape index (κ3) is 3.85. The Bertz CT molecular complexity index is 1310. The first-order valence-corrected chi connectivity index (χ1v) is 11.7. The second-order valence-electron chi connectivity index (χ2n) is 9.76. The van der Waals surface area contributed by atoms with Gasteiger partial charge in [-0.3, -0.25) is 9.50 Å². The lowest BCUT2D eigenvalue weighted by molar-refractivity contribution is -0.0532. The molecule has 11 nitrogen and oxygen atoms in total. The van der Waals surface area contributed by atoms with Crippen molar-refractivity contribution in [1.29, 1.82) is 5.26 Å². The summed E-state index contributed by atoms with van der Waals surface area (Å²) in [6.07, 6.45) is 3.10. The molecule has 4 aliphatic carbocycles. The van der Waals surface area contributed by atoms with Gasteiger partial charge in [0.05, 0.1) is 12.3 Å². The summed E-state index contributed by atoms with van der Waals surface area (Å²) in [7, 11) is 1.58. The molecule has 3 N–H and O–H groups in total. The molecule has 3 atom stereocenters. The maximum absolute atomic E-state index is 15.2. The molecule has 0 spiro atoms. The van der Waals surface area contributed by atoms with Crippen LogP contribution in [0.3, 0.4) is 0 Å². The van der Waals surface area contributed by atoms with E-state index in [1.807, 2.05) is 6.07 Å². The Balaban J connectivity index is 1.14. The predicted octanol–water partition coefficient (Wildman–Crippen LogP) is 3.08. The fraction of sp³-hybridized carbons (Fsp3) is 0.522. The number of methoxy groups -OCH3 is 1. The molecule has 4 aliphatic rings. The Morgan fingerprint density at radius 2 is 2.17 bits per heavy atom. The number of aromatic nitrogens is 5. The second-order valence-corrected chi connectivity index (χ2v) is 9.76. The summed E-state index contributed by atoms with van der Waals surface area (Å²) >= 11 is 0. The number of alkyl halides is 1. The Labute approximate surface area is 200 Å². The Morgan fingerprint density at radius 3 is 2.89 bits per heavy atom. The molecule has 2 bridgehead atoms. The van der Waals surface area contributed by atoms with Gasteiger partial charge >= 0.3 is 6.09 Å². The normalized spacial score (nSPS) is 28.7. The van der Waals surface area contributed by atoms with E-state index in [0.717, 1.165) is 25.2 Å². The number of ether oxygens (including phenoxy) is 2. The highest BCUT2D eigenvalue weighted by atomic mass is 19.1. The standard InChI is InChI=1S/C23H25FN8O3/c1-34-11-14-10-32-19(26-14)4-13(9-25)27-21(32)28-18-5-16(30-31-18)15-2-3-17(20(15)24)35-22(33)29-23-6-12(7-23)8-23/h4-5,10,12,15,17,20H,2-3,6-8,11H2,1H3,(H,29,33)(H2,27,28,30,31)/t12?,15-,17-,20+,23?/m0/s1. The molecule has 35 heavy (non-hydrogen) atoms. The van der Waals surface area contributed by atoms with E-state index < -0.39 is 24.3 Å². The van der Waals surface area contributed by atoms with Crippen molar-refractivity contribution in [2.24, 2.45) is 5.92 Å². The van der Waals surface area contributed by atoms with Crippen LogP contribution in [0.4, 0.5) is 21.0 Å². The van der Waals surface area contributed by atoms with Crippen LogP contribution in [0, 0.1) is 17.2 Å². The van der Waals surface area contributed by atoms with Crippen molar-refractivity contribution in [2.45, 2.75) is 62.4 Å². The van der Waals surface area contributed by atoms with Crippen molar-refractivity contribution in [3.63, 3.8) is 0 Å². The lowest BCUT2D eigenvalue weighted by Crippen LogP contribution is -2.68. The van der Waals surface area contributed by atoms with Gasteiger partial charge in [0.2, 0.25) is 5.95 Å². The zero-order chi connectivity index (χ0) is 24.2. The summed E-state index contributed by atoms with van der Waals surface area (Å²) in [5.74, 6) is 1.04. The van der Waals surface area contributed by atoms with Crippen LogP contribution in [0.2, 0.25) is 0 Å². The summed E-state index contributed by atoms with van der Waals surface area (Å²) in [4.78, 5) is 21.0. The van der Waals surface area contributed by atoms with E-state index in [-0.39, 0.29) is 11.2 Å². The van der Waals surface area contributed by atoms with Gasteiger partial charge in [0.25, 0.3) is 0 Å². The number of nitriles is 1. The molecule has 1 amide bonds. The molecule has 0 unspecified atom stereocenters. The number of alkyl carbamates (subject to hydrolysis) is 1. The van der Waals surface area contributed by atoms with Crippen LogP contribution in [-0.2, 0) is 16.1 Å². The molecular formula is C23H25FN8O3. The van der Waals surface area contributed by atoms with E-state index in [1.165, 1.54) is 0 Å². The number of imidazole rings is 1. The zero-order valence-electron chi connectivity index (χ0n) is 19.1. The van der Waals surface area contributed by atoms with Crippen molar-refractivity contribution in [1.82, 2.24) is 29.9 Å². The van der Waals surface area contributed by atoms with Crippen molar-refractivity contribution >= 4 is 23.5 Å². The molecular weight excluding hydrogens is 455 g/mol. The highest BCUT2D eigenvalue weighted by Crippen LogP contribution is 2.57. The number of carbonyl (C=O) groups is 1. The van der Waals surface area contributed by atoms with Gasteiger partial charge in [-0.2, -0.15) is 10.4 Å². The molecule has 182 valence electrons. The Kier molecular flexibility index (Phi) is 5.10. The molecule has 0 saturated heterocycles. The van der Waals surface area contributed by atoms with E-state index in [2.05, 4.69) is 30.8 Å². The molecule has 7 rings (SSSR count). The van der Waals surface area contributed by atoms with Crippen LogP contribution >= 0.6 is 0 Å². The van der Waals surface area contributed by atoms with Crippen molar-refractivity contribution in [3.05, 3.63) is 35.4 Å². The molecule has 3 aromatic rings. The molecule has 4 fully saturated rings. The summed E-state index contributed by atoms with van der Waals surface area (Å²) in [5.41, 5.74) is 1.92. The van der Waals surface area contributed by atoms with Gasteiger partial charge in [-0.15, -0.1) is 0 Å². The molecule has 0 aliphatic heterocycles. The number of fused-ring (bicyclic) bond motifs is 1. The van der Waals surface area contributed by atoms with Crippen molar-refractivity contribution in [3.8, 4) is 6.07 Å². The minimum Gasteiger partial charge on any atom is -0.443 e. The van der Waals surface area contributed by atoms with Gasteiger partial charge in [0.1, 0.15) is 29.7 Å². The predicted molar refractivity (Wildman–Crippen MR) is 121 cm³/mol. The van der Waals surface area contributed by atoms with Crippen LogP contribution in [0.15, 0.2) is 18.3 Å². The third-order valence-corrected chi connectivity index (χ3v) is 7.31. The maximum Gasteiger partial charge on any atom is 0.407 e. The van der Waals surface area contributed by atoms with Gasteiger partial charge < -0.3 is 20.1 Å². The van der Waals surface area contributed by atoms with Crippen LogP contribution in [0.1, 0.15) is 55.1 Å². The summed E-state index contributed by atoms with van der Waals surface area (Å²) in [6, 6.07) is 5.32. The number of anilines is 2. The van der Waals surface area contributed by atoms with Crippen molar-refractivity contribution in [2.75, 3.05) is 12.4 Å². The first-order valence-electron chi connectivity index (χ1n) is 11.7. The van der Waals surface area contributed by atoms with E-state index in [0.29, 0.717) is 48.2 Å². The number of H-pyrrole nitrogens is 1. The lowest BCUT2D eigenvalue weighted by atomic mass is 9.50. The van der Waals surface area contributed by atoms with Gasteiger partial charge in [-0.1, -0.05) is 0 Å². The number of nitrogens with one attached hydrogen (secondary N) is 3. The largest absolute Gasteiger partial charge is 0.443 e. The van der Waals surface area contributed by atoms with Gasteiger partial charge in [-0.05, 0) is 38.0 Å². The molecule has 0 radical (unpaired) electrons. The average molecular weight is 481 g/mol. The number of aromatic amines is 1. The molecule has 0 aromatic carbocycles. The fourth-order valence-corrected chi connectivity index (χ4v) is 5.49. The fourth-order valence-electron chi connectivity index (χ4n) is 5.49. The lowest BCUT2D eigenvalue weighted by Gasteiger charge is -2.61. The minimum absolute atomic E-state index is 0.0998.